The van der Waals surface area contributed by atoms with Crippen molar-refractivity contribution >= 4 is 26.0 Å². The van der Waals surface area contributed by atoms with E-state index in [1.54, 1.807) is 0 Å². The van der Waals surface area contributed by atoms with Crippen molar-refractivity contribution in [3.05, 3.63) is 22.9 Å². The van der Waals surface area contributed by atoms with Crippen LogP contribution in [0.5, 0.6) is 0 Å². The molecule has 0 amide bonds. The van der Waals surface area contributed by atoms with E-state index in [0.717, 1.165) is 0 Å². The van der Waals surface area contributed by atoms with Crippen molar-refractivity contribution in [3.63, 3.8) is 0 Å². The normalized spacial score (nSPS) is 13.6. The van der Waals surface area contributed by atoms with Gasteiger partial charge in [0.1, 0.15) is 4.90 Å². The monoisotopic (exact) mass is 322 g/mol. The van der Waals surface area contributed by atoms with Gasteiger partial charge < -0.3 is 5.11 Å². The number of rotatable bonds is 6. The zero-order chi connectivity index (χ0) is 12.9. The number of aromatic nitrogens is 1. The Morgan fingerprint density at radius 3 is 2.82 bits per heavy atom. The maximum Gasteiger partial charge on any atom is 0.242 e. The van der Waals surface area contributed by atoms with Crippen molar-refractivity contribution in [1.82, 2.24) is 9.71 Å². The van der Waals surface area contributed by atoms with Crippen LogP contribution in [0.4, 0.5) is 0 Å². The van der Waals surface area contributed by atoms with E-state index >= 15 is 0 Å². The summed E-state index contributed by atoms with van der Waals surface area (Å²) in [5, 5.41) is 9.31. The van der Waals surface area contributed by atoms with Gasteiger partial charge in [-0.2, -0.15) is 0 Å². The Hall–Kier alpha value is -0.500. The molecule has 2 N–H and O–H groups in total. The molecule has 1 aromatic rings. The fraction of sp³-hybridized carbons (Fsp3) is 0.500. The Labute approximate surface area is 109 Å². The lowest BCUT2D eigenvalue weighted by Crippen LogP contribution is -2.27. The van der Waals surface area contributed by atoms with Gasteiger partial charge in [0, 0.05) is 23.4 Å². The molecule has 1 rings (SSSR count). The summed E-state index contributed by atoms with van der Waals surface area (Å²) < 4.78 is 26.6. The van der Waals surface area contributed by atoms with Crippen LogP contribution in [0.2, 0.25) is 0 Å². The molecule has 0 fully saturated rings. The molecule has 0 aliphatic carbocycles. The molecule has 1 unspecified atom stereocenters. The predicted octanol–water partition coefficient (Wildman–Crippen LogP) is 1.28. The molecule has 0 aliphatic heterocycles. The van der Waals surface area contributed by atoms with Crippen LogP contribution in [0.1, 0.15) is 19.8 Å². The van der Waals surface area contributed by atoms with E-state index in [-0.39, 0.29) is 11.4 Å². The number of nitrogens with zero attached hydrogens (tertiary/aromatic N) is 1. The van der Waals surface area contributed by atoms with Gasteiger partial charge in [0.15, 0.2) is 0 Å². The molecule has 0 saturated carbocycles. The quantitative estimate of drug-likeness (QED) is 0.827. The van der Waals surface area contributed by atoms with Gasteiger partial charge in [0.2, 0.25) is 10.0 Å². The Morgan fingerprint density at radius 1 is 1.53 bits per heavy atom. The second-order valence-electron chi connectivity index (χ2n) is 3.59. The predicted molar refractivity (Wildman–Crippen MR) is 68.0 cm³/mol. The first kappa shape index (κ1) is 14.6. The molecule has 17 heavy (non-hydrogen) atoms. The molecule has 5 nitrogen and oxygen atoms in total. The van der Waals surface area contributed by atoms with Gasteiger partial charge in [-0.3, -0.25) is 4.98 Å². The first-order valence-electron chi connectivity index (χ1n) is 5.24. The van der Waals surface area contributed by atoms with Gasteiger partial charge in [-0.25, -0.2) is 13.1 Å². The van der Waals surface area contributed by atoms with Crippen LogP contribution >= 0.6 is 15.9 Å². The van der Waals surface area contributed by atoms with Crippen LogP contribution in [-0.4, -0.2) is 31.2 Å². The second kappa shape index (κ2) is 6.44. The minimum atomic E-state index is -3.54. The number of hydrogen-bond donors (Lipinski definition) is 2. The summed E-state index contributed by atoms with van der Waals surface area (Å²) in [5.74, 6) is 0. The van der Waals surface area contributed by atoms with Crippen molar-refractivity contribution in [3.8, 4) is 0 Å². The molecular formula is C10H15BrN2O3S. The molecule has 1 atom stereocenters. The number of aliphatic hydroxyl groups is 1. The van der Waals surface area contributed by atoms with Crippen LogP contribution in [-0.2, 0) is 10.0 Å². The number of sulfonamides is 1. The molecule has 7 heteroatoms. The minimum Gasteiger partial charge on any atom is -0.393 e. The Morgan fingerprint density at radius 2 is 2.24 bits per heavy atom. The summed E-state index contributed by atoms with van der Waals surface area (Å²) in [6.07, 6.45) is 3.33. The van der Waals surface area contributed by atoms with Crippen molar-refractivity contribution in [2.45, 2.75) is 30.8 Å². The van der Waals surface area contributed by atoms with Crippen LogP contribution in [0.15, 0.2) is 27.8 Å². The smallest absolute Gasteiger partial charge is 0.242 e. The summed E-state index contributed by atoms with van der Waals surface area (Å²) in [5.41, 5.74) is 0. The number of halogens is 1. The molecular weight excluding hydrogens is 308 g/mol. The molecule has 0 bridgehead atoms. The number of pyridine rings is 1. The molecule has 1 aromatic heterocycles. The van der Waals surface area contributed by atoms with Crippen LogP contribution in [0.3, 0.4) is 0 Å². The molecule has 0 spiro atoms. The van der Waals surface area contributed by atoms with Crippen molar-refractivity contribution in [2.75, 3.05) is 6.54 Å². The zero-order valence-electron chi connectivity index (χ0n) is 9.43. The largest absolute Gasteiger partial charge is 0.393 e. The fourth-order valence-electron chi connectivity index (χ4n) is 1.19. The summed E-state index contributed by atoms with van der Waals surface area (Å²) in [4.78, 5) is 3.90. The lowest BCUT2D eigenvalue weighted by atomic mass is 10.2. The maximum atomic E-state index is 11.8. The molecule has 96 valence electrons. The van der Waals surface area contributed by atoms with E-state index in [0.29, 0.717) is 17.3 Å². The number of aliphatic hydroxyl groups excluding tert-OH is 1. The fourth-order valence-corrected chi connectivity index (χ4v) is 2.74. The molecule has 0 radical (unpaired) electrons. The van der Waals surface area contributed by atoms with Crippen molar-refractivity contribution in [1.29, 1.82) is 0 Å². The summed E-state index contributed by atoms with van der Waals surface area (Å²) >= 11 is 3.16. The van der Waals surface area contributed by atoms with Gasteiger partial charge in [0.25, 0.3) is 0 Å². The Kier molecular flexibility index (Phi) is 5.51. The second-order valence-corrected chi connectivity index (χ2v) is 6.27. The van der Waals surface area contributed by atoms with Gasteiger partial charge in [-0.05, 0) is 34.8 Å². The van der Waals surface area contributed by atoms with Crippen molar-refractivity contribution in [2.24, 2.45) is 0 Å². The lowest BCUT2D eigenvalue weighted by Gasteiger charge is -2.09. The third-order valence-corrected chi connectivity index (χ3v) is 4.09. The maximum absolute atomic E-state index is 11.8. The average Bonchev–Trinajstić information content (AvgIpc) is 2.28. The summed E-state index contributed by atoms with van der Waals surface area (Å²) in [6.45, 7) is 2.06. The highest BCUT2D eigenvalue weighted by molar-refractivity contribution is 9.10. The van der Waals surface area contributed by atoms with E-state index in [2.05, 4.69) is 25.6 Å². The van der Waals surface area contributed by atoms with E-state index in [1.165, 1.54) is 18.5 Å². The summed E-state index contributed by atoms with van der Waals surface area (Å²) in [6, 6.07) is 1.48. The van der Waals surface area contributed by atoms with E-state index in [9.17, 15) is 13.5 Å². The van der Waals surface area contributed by atoms with Crippen LogP contribution in [0, 0.1) is 0 Å². The first-order chi connectivity index (χ1) is 7.95. The first-order valence-corrected chi connectivity index (χ1v) is 7.51. The molecule has 0 saturated heterocycles. The van der Waals surface area contributed by atoms with Crippen molar-refractivity contribution < 1.29 is 13.5 Å². The van der Waals surface area contributed by atoms with E-state index < -0.39 is 16.1 Å². The highest BCUT2D eigenvalue weighted by Gasteiger charge is 2.14. The average molecular weight is 323 g/mol. The van der Waals surface area contributed by atoms with E-state index in [4.69, 9.17) is 0 Å². The van der Waals surface area contributed by atoms with Crippen LogP contribution in [0.25, 0.3) is 0 Å². The third kappa shape index (κ3) is 4.71. The van der Waals surface area contributed by atoms with Gasteiger partial charge in [-0.15, -0.1) is 0 Å². The van der Waals surface area contributed by atoms with Gasteiger partial charge in [-0.1, -0.05) is 6.92 Å². The van der Waals surface area contributed by atoms with Crippen LogP contribution < -0.4 is 4.72 Å². The number of nitrogens with one attached hydrogen (secondary N) is 1. The summed E-state index contributed by atoms with van der Waals surface area (Å²) in [7, 11) is -3.54. The standard InChI is InChI=1S/C10H15BrN2O3S/c1-2-9(14)3-4-13-17(15,16)10-5-8(11)6-12-7-10/h5-7,9,13-14H,2-4H2,1H3. The zero-order valence-corrected chi connectivity index (χ0v) is 11.8. The Bertz CT molecular complexity index is 464. The molecule has 0 aliphatic rings. The minimum absolute atomic E-state index is 0.109. The third-order valence-electron chi connectivity index (χ3n) is 2.23. The highest BCUT2D eigenvalue weighted by Crippen LogP contribution is 2.13. The van der Waals surface area contributed by atoms with E-state index in [1.807, 2.05) is 6.92 Å². The SMILES string of the molecule is CCC(O)CCNS(=O)(=O)c1cncc(Br)c1. The topological polar surface area (TPSA) is 79.3 Å². The van der Waals surface area contributed by atoms with Gasteiger partial charge in [0.05, 0.1) is 6.10 Å². The molecule has 0 aromatic carbocycles. The lowest BCUT2D eigenvalue weighted by molar-refractivity contribution is 0.162. The Balaban J connectivity index is 2.63. The highest BCUT2D eigenvalue weighted by atomic mass is 79.9. The number of hydrogen-bond acceptors (Lipinski definition) is 4. The molecule has 1 heterocycles. The van der Waals surface area contributed by atoms with Gasteiger partial charge >= 0.3 is 0 Å².